The molecule has 0 aromatic rings. The summed E-state index contributed by atoms with van der Waals surface area (Å²) in [5.74, 6) is 0. The molecule has 53 valence electrons. The van der Waals surface area contributed by atoms with Crippen molar-refractivity contribution in [1.82, 2.24) is 4.31 Å². The number of hydrogen-bond acceptors (Lipinski definition) is 3. The minimum atomic E-state index is -3.63. The van der Waals surface area contributed by atoms with Gasteiger partial charge in [0, 0.05) is 7.05 Å². The molecule has 0 aromatic carbocycles. The predicted octanol–water partition coefficient (Wildman–Crippen LogP) is -0.572. The Kier molecular flexibility index (Phi) is 2.03. The summed E-state index contributed by atoms with van der Waals surface area (Å²) in [5.41, 5.74) is 0. The summed E-state index contributed by atoms with van der Waals surface area (Å²) < 4.78 is 20.7. The predicted molar refractivity (Wildman–Crippen MR) is 28.7 cm³/mol. The number of carbonyl (C=O) groups excluding carboxylic acids is 1. The van der Waals surface area contributed by atoms with Gasteiger partial charge in [-0.3, -0.25) is 0 Å². The molecule has 0 N–H and O–H groups in total. The van der Waals surface area contributed by atoms with E-state index in [0.717, 1.165) is 13.3 Å². The maximum absolute atomic E-state index is 10.3. The van der Waals surface area contributed by atoms with E-state index in [4.69, 9.17) is 0 Å². The first-order valence-electron chi connectivity index (χ1n) is 2.00. The third-order valence-corrected chi connectivity index (χ3v) is 1.90. The Hall–Kier alpha value is -0.780. The molecule has 0 atom stereocenters. The standard InChI is InChI=1S/C3H6NO4S/c1-4(3(5)6)9(2,7)8/h1-2H3. The van der Waals surface area contributed by atoms with E-state index in [1.807, 2.05) is 0 Å². The van der Waals surface area contributed by atoms with Crippen molar-refractivity contribution < 1.29 is 18.3 Å². The number of sulfonamides is 1. The quantitative estimate of drug-likeness (QED) is 0.505. The fraction of sp³-hybridized carbons (Fsp3) is 0.667. The Morgan fingerprint density at radius 1 is 1.44 bits per heavy atom. The third-order valence-electron chi connectivity index (χ3n) is 0.755. The molecule has 0 fully saturated rings. The lowest BCUT2D eigenvalue weighted by Gasteiger charge is -2.05. The number of rotatable bonds is 1. The Bertz CT molecular complexity index is 206. The molecule has 0 saturated carbocycles. The molecule has 6 heteroatoms. The van der Waals surface area contributed by atoms with Crippen LogP contribution >= 0.6 is 0 Å². The van der Waals surface area contributed by atoms with Crippen LogP contribution in [0.15, 0.2) is 0 Å². The maximum atomic E-state index is 10.3. The van der Waals surface area contributed by atoms with Crippen molar-refractivity contribution in [3.8, 4) is 0 Å². The van der Waals surface area contributed by atoms with Crippen LogP contribution in [0, 0.1) is 0 Å². The zero-order valence-corrected chi connectivity index (χ0v) is 5.80. The molecule has 0 heterocycles. The van der Waals surface area contributed by atoms with E-state index in [0.29, 0.717) is 0 Å². The van der Waals surface area contributed by atoms with Crippen LogP contribution in [0.2, 0.25) is 0 Å². The Labute approximate surface area is 52.9 Å². The number of carbonyl (C=O) groups is 1. The summed E-state index contributed by atoms with van der Waals surface area (Å²) >= 11 is 0. The molecular formula is C3H6NO4S. The topological polar surface area (TPSA) is 74.3 Å². The highest BCUT2D eigenvalue weighted by molar-refractivity contribution is 7.88. The van der Waals surface area contributed by atoms with Gasteiger partial charge in [0.1, 0.15) is 0 Å². The second-order valence-corrected chi connectivity index (χ2v) is 3.51. The molecule has 0 spiro atoms. The van der Waals surface area contributed by atoms with Crippen LogP contribution in [-0.2, 0) is 15.1 Å². The van der Waals surface area contributed by atoms with Crippen LogP contribution in [0.3, 0.4) is 0 Å². The smallest absolute Gasteiger partial charge is 0.219 e. The molecule has 0 rings (SSSR count). The van der Waals surface area contributed by atoms with Crippen molar-refractivity contribution in [1.29, 1.82) is 0 Å². The van der Waals surface area contributed by atoms with Crippen molar-refractivity contribution in [2.75, 3.05) is 13.3 Å². The fourth-order valence-electron chi connectivity index (χ4n) is 0.135. The minimum Gasteiger partial charge on any atom is -0.219 e. The molecule has 1 radical (unpaired) electrons. The summed E-state index contributed by atoms with van der Waals surface area (Å²) in [5, 5.41) is 9.78. The summed E-state index contributed by atoms with van der Waals surface area (Å²) in [7, 11) is -2.72. The molecule has 5 nitrogen and oxygen atoms in total. The van der Waals surface area contributed by atoms with Crippen molar-refractivity contribution in [3.05, 3.63) is 0 Å². The van der Waals surface area contributed by atoms with Gasteiger partial charge in [-0.15, -0.1) is 0 Å². The molecule has 9 heavy (non-hydrogen) atoms. The van der Waals surface area contributed by atoms with E-state index >= 15 is 0 Å². The van der Waals surface area contributed by atoms with Gasteiger partial charge in [-0.1, -0.05) is 0 Å². The molecule has 0 aliphatic rings. The monoisotopic (exact) mass is 152 g/mol. The highest BCUT2D eigenvalue weighted by Crippen LogP contribution is 1.91. The molecule has 0 aromatic heterocycles. The number of nitrogens with zero attached hydrogens (tertiary/aromatic N) is 1. The first-order valence-corrected chi connectivity index (χ1v) is 3.85. The van der Waals surface area contributed by atoms with Gasteiger partial charge in [-0.05, 0) is 0 Å². The highest BCUT2D eigenvalue weighted by Gasteiger charge is 2.17. The van der Waals surface area contributed by atoms with Gasteiger partial charge >= 0.3 is 6.09 Å². The Morgan fingerprint density at radius 2 is 1.78 bits per heavy atom. The van der Waals surface area contributed by atoms with E-state index < -0.39 is 16.1 Å². The lowest BCUT2D eigenvalue weighted by molar-refractivity contribution is 0.152. The molecule has 1 amide bonds. The van der Waals surface area contributed by atoms with E-state index in [1.165, 1.54) is 0 Å². The Morgan fingerprint density at radius 3 is 1.78 bits per heavy atom. The average Bonchev–Trinajstić information content (AvgIpc) is 1.62. The second-order valence-electron chi connectivity index (χ2n) is 1.50. The SMILES string of the molecule is CN(C([O])=O)S(C)(=O)=O. The van der Waals surface area contributed by atoms with Crippen molar-refractivity contribution in [2.24, 2.45) is 0 Å². The van der Waals surface area contributed by atoms with E-state index in [9.17, 15) is 18.3 Å². The number of hydrogen-bond donors (Lipinski definition) is 0. The van der Waals surface area contributed by atoms with Crippen LogP contribution in [0.4, 0.5) is 4.79 Å². The zero-order chi connectivity index (χ0) is 7.65. The van der Waals surface area contributed by atoms with Gasteiger partial charge in [0.15, 0.2) is 0 Å². The second kappa shape index (κ2) is 2.22. The van der Waals surface area contributed by atoms with Gasteiger partial charge < -0.3 is 0 Å². The van der Waals surface area contributed by atoms with Crippen LogP contribution in [0.1, 0.15) is 0 Å². The van der Waals surface area contributed by atoms with E-state index in [1.54, 1.807) is 0 Å². The lowest BCUT2D eigenvalue weighted by Crippen LogP contribution is -2.29. The van der Waals surface area contributed by atoms with Crippen LogP contribution < -0.4 is 0 Å². The first kappa shape index (κ1) is 8.22. The Balaban J connectivity index is 4.43. The summed E-state index contributed by atoms with van der Waals surface area (Å²) in [4.78, 5) is 9.78. The fourth-order valence-corrected chi connectivity index (χ4v) is 0.406. The van der Waals surface area contributed by atoms with Crippen molar-refractivity contribution in [3.63, 3.8) is 0 Å². The largest absolute Gasteiger partial charge is 0.466 e. The first-order chi connectivity index (χ1) is 3.85. The number of amides is 1. The molecule has 0 saturated heterocycles. The van der Waals surface area contributed by atoms with Crippen LogP contribution in [0.5, 0.6) is 0 Å². The molecule has 0 aliphatic heterocycles. The normalized spacial score (nSPS) is 10.9. The van der Waals surface area contributed by atoms with Gasteiger partial charge in [0.2, 0.25) is 10.0 Å². The van der Waals surface area contributed by atoms with Crippen molar-refractivity contribution in [2.45, 2.75) is 0 Å². The zero-order valence-electron chi connectivity index (χ0n) is 4.99. The van der Waals surface area contributed by atoms with E-state index in [-0.39, 0.29) is 4.31 Å². The van der Waals surface area contributed by atoms with Gasteiger partial charge in [-0.25, -0.2) is 22.6 Å². The maximum Gasteiger partial charge on any atom is 0.466 e. The van der Waals surface area contributed by atoms with Gasteiger partial charge in [0.05, 0.1) is 6.26 Å². The van der Waals surface area contributed by atoms with Crippen LogP contribution in [-0.4, -0.2) is 32.1 Å². The molecule has 0 unspecified atom stereocenters. The highest BCUT2D eigenvalue weighted by atomic mass is 32.2. The average molecular weight is 152 g/mol. The summed E-state index contributed by atoms with van der Waals surface area (Å²) in [6, 6.07) is 0. The molecule has 0 bridgehead atoms. The third kappa shape index (κ3) is 2.31. The molecular weight excluding hydrogens is 146 g/mol. The van der Waals surface area contributed by atoms with Crippen molar-refractivity contribution >= 4 is 16.1 Å². The minimum absolute atomic E-state index is 0.132. The van der Waals surface area contributed by atoms with Crippen LogP contribution in [0.25, 0.3) is 0 Å². The van der Waals surface area contributed by atoms with E-state index in [2.05, 4.69) is 0 Å². The lowest BCUT2D eigenvalue weighted by atomic mass is 11.1. The van der Waals surface area contributed by atoms with Gasteiger partial charge in [0.25, 0.3) is 0 Å². The summed E-state index contributed by atoms with van der Waals surface area (Å²) in [6.07, 6.45) is -0.944. The molecule has 0 aliphatic carbocycles. The summed E-state index contributed by atoms with van der Waals surface area (Å²) in [6.45, 7) is 0. The van der Waals surface area contributed by atoms with Gasteiger partial charge in [-0.2, -0.15) is 0 Å².